The fourth-order valence-corrected chi connectivity index (χ4v) is 3.37. The number of benzene rings is 1. The largest absolute Gasteiger partial charge is 0.493 e. The van der Waals surface area contributed by atoms with E-state index in [4.69, 9.17) is 9.47 Å². The van der Waals surface area contributed by atoms with Gasteiger partial charge >= 0.3 is 0 Å². The van der Waals surface area contributed by atoms with E-state index in [1.165, 1.54) is 0 Å². The number of nitrogens with one attached hydrogen (secondary N) is 2. The van der Waals surface area contributed by atoms with Crippen LogP contribution in [-0.2, 0) is 16.0 Å². The van der Waals surface area contributed by atoms with Gasteiger partial charge in [0.1, 0.15) is 0 Å². The Morgan fingerprint density at radius 3 is 2.62 bits per heavy atom. The van der Waals surface area contributed by atoms with Crippen LogP contribution < -0.4 is 20.1 Å². The number of hydrogen-bond donors (Lipinski definition) is 2. The van der Waals surface area contributed by atoms with Gasteiger partial charge in [-0.05, 0) is 50.3 Å². The van der Waals surface area contributed by atoms with Crippen molar-refractivity contribution in [2.75, 3.05) is 14.2 Å². The van der Waals surface area contributed by atoms with Crippen molar-refractivity contribution in [3.05, 3.63) is 23.8 Å². The van der Waals surface area contributed by atoms with Gasteiger partial charge in [-0.3, -0.25) is 9.59 Å². The number of hydrogen-bond acceptors (Lipinski definition) is 4. The van der Waals surface area contributed by atoms with Crippen molar-refractivity contribution in [3.63, 3.8) is 0 Å². The first-order valence-electron chi connectivity index (χ1n) is 9.22. The smallest absolute Gasteiger partial charge is 0.220 e. The molecule has 6 nitrogen and oxygen atoms in total. The molecule has 0 unspecified atom stereocenters. The van der Waals surface area contributed by atoms with Crippen LogP contribution in [0.4, 0.5) is 0 Å². The number of methoxy groups -OCH3 is 2. The minimum atomic E-state index is -0.385. The molecular formula is C20H30N2O4. The average Bonchev–Trinajstić information content (AvgIpc) is 3.00. The molecule has 144 valence electrons. The Morgan fingerprint density at radius 1 is 1.31 bits per heavy atom. The minimum absolute atomic E-state index is 0.0344. The van der Waals surface area contributed by atoms with Gasteiger partial charge < -0.3 is 20.1 Å². The molecule has 1 aromatic carbocycles. The van der Waals surface area contributed by atoms with Crippen LogP contribution in [0.25, 0.3) is 0 Å². The standard InChI is InChI=1S/C20H30N2O4/c1-5-14(2)21-18(23)8-10-20(11-9-19(24)22-20)13-15-6-7-16(25-3)17(12-15)26-4/h6-7,12,14H,5,8-11,13H2,1-4H3,(H,21,23)(H,22,24)/t14-,20+/m1/s1. The van der Waals surface area contributed by atoms with Crippen molar-refractivity contribution in [3.8, 4) is 11.5 Å². The molecule has 2 rings (SSSR count). The molecule has 2 atom stereocenters. The second-order valence-corrected chi connectivity index (χ2v) is 7.07. The van der Waals surface area contributed by atoms with Gasteiger partial charge in [0.05, 0.1) is 14.2 Å². The van der Waals surface area contributed by atoms with Crippen LogP contribution >= 0.6 is 0 Å². The van der Waals surface area contributed by atoms with Crippen LogP contribution in [0.15, 0.2) is 18.2 Å². The summed E-state index contributed by atoms with van der Waals surface area (Å²) in [7, 11) is 3.21. The third kappa shape index (κ3) is 5.13. The van der Waals surface area contributed by atoms with E-state index in [1.54, 1.807) is 14.2 Å². The van der Waals surface area contributed by atoms with Crippen LogP contribution in [0, 0.1) is 0 Å². The van der Waals surface area contributed by atoms with Gasteiger partial charge in [-0.25, -0.2) is 0 Å². The first kappa shape index (κ1) is 20.1. The highest BCUT2D eigenvalue weighted by molar-refractivity contribution is 5.80. The predicted molar refractivity (Wildman–Crippen MR) is 100 cm³/mol. The molecule has 1 aromatic rings. The third-order valence-electron chi connectivity index (χ3n) is 5.08. The molecule has 0 saturated carbocycles. The number of carbonyl (C=O) groups excluding carboxylic acids is 2. The minimum Gasteiger partial charge on any atom is -0.493 e. The second-order valence-electron chi connectivity index (χ2n) is 7.07. The summed E-state index contributed by atoms with van der Waals surface area (Å²) >= 11 is 0. The van der Waals surface area contributed by atoms with Crippen molar-refractivity contribution in [2.24, 2.45) is 0 Å². The first-order chi connectivity index (χ1) is 12.4. The number of rotatable bonds is 9. The molecule has 2 N–H and O–H groups in total. The lowest BCUT2D eigenvalue weighted by atomic mass is 9.84. The molecule has 6 heteroatoms. The average molecular weight is 362 g/mol. The highest BCUT2D eigenvalue weighted by Gasteiger charge is 2.38. The molecule has 1 aliphatic heterocycles. The van der Waals surface area contributed by atoms with E-state index in [-0.39, 0.29) is 23.4 Å². The van der Waals surface area contributed by atoms with Crippen LogP contribution in [0.2, 0.25) is 0 Å². The molecule has 1 fully saturated rings. The summed E-state index contributed by atoms with van der Waals surface area (Å²) in [6.45, 7) is 4.04. The van der Waals surface area contributed by atoms with Gasteiger partial charge in [0, 0.05) is 24.4 Å². The van der Waals surface area contributed by atoms with E-state index in [9.17, 15) is 9.59 Å². The summed E-state index contributed by atoms with van der Waals surface area (Å²) in [5.41, 5.74) is 0.663. The molecule has 0 aromatic heterocycles. The number of ether oxygens (including phenoxy) is 2. The van der Waals surface area contributed by atoms with Crippen molar-refractivity contribution >= 4 is 11.8 Å². The maximum atomic E-state index is 12.2. The zero-order valence-corrected chi connectivity index (χ0v) is 16.2. The van der Waals surface area contributed by atoms with Gasteiger partial charge in [-0.2, -0.15) is 0 Å². The van der Waals surface area contributed by atoms with Crippen LogP contribution in [0.3, 0.4) is 0 Å². The molecule has 0 spiro atoms. The zero-order chi connectivity index (χ0) is 19.2. The molecule has 0 bridgehead atoms. The fourth-order valence-electron chi connectivity index (χ4n) is 3.37. The van der Waals surface area contributed by atoms with E-state index in [1.807, 2.05) is 32.0 Å². The van der Waals surface area contributed by atoms with Gasteiger partial charge in [-0.1, -0.05) is 13.0 Å². The van der Waals surface area contributed by atoms with Gasteiger partial charge in [0.15, 0.2) is 11.5 Å². The predicted octanol–water partition coefficient (Wildman–Crippen LogP) is 2.59. The third-order valence-corrected chi connectivity index (χ3v) is 5.08. The topological polar surface area (TPSA) is 76.7 Å². The highest BCUT2D eigenvalue weighted by atomic mass is 16.5. The quantitative estimate of drug-likeness (QED) is 0.708. The molecule has 1 heterocycles. The number of carbonyl (C=O) groups is 2. The van der Waals surface area contributed by atoms with E-state index in [2.05, 4.69) is 10.6 Å². The molecule has 26 heavy (non-hydrogen) atoms. The normalized spacial score (nSPS) is 20.4. The van der Waals surface area contributed by atoms with Crippen LogP contribution in [0.5, 0.6) is 11.5 Å². The lowest BCUT2D eigenvalue weighted by Crippen LogP contribution is -2.45. The highest BCUT2D eigenvalue weighted by Crippen LogP contribution is 2.33. The Hall–Kier alpha value is -2.24. The Bertz CT molecular complexity index is 647. The van der Waals surface area contributed by atoms with E-state index < -0.39 is 0 Å². The van der Waals surface area contributed by atoms with Gasteiger partial charge in [0.2, 0.25) is 11.8 Å². The lowest BCUT2D eigenvalue weighted by Gasteiger charge is -2.30. The number of amides is 2. The molecular weight excluding hydrogens is 332 g/mol. The molecule has 1 aliphatic rings. The van der Waals surface area contributed by atoms with E-state index in [0.717, 1.165) is 18.4 Å². The zero-order valence-electron chi connectivity index (χ0n) is 16.2. The summed E-state index contributed by atoms with van der Waals surface area (Å²) in [6, 6.07) is 5.95. The molecule has 0 radical (unpaired) electrons. The first-order valence-corrected chi connectivity index (χ1v) is 9.22. The maximum absolute atomic E-state index is 12.2. The summed E-state index contributed by atoms with van der Waals surface area (Å²) in [5.74, 6) is 1.42. The fraction of sp³-hybridized carbons (Fsp3) is 0.600. The van der Waals surface area contributed by atoms with Crippen LogP contribution in [0.1, 0.15) is 51.5 Å². The Morgan fingerprint density at radius 2 is 2.04 bits per heavy atom. The second kappa shape index (κ2) is 8.92. The van der Waals surface area contributed by atoms with Crippen molar-refractivity contribution in [1.29, 1.82) is 0 Å². The van der Waals surface area contributed by atoms with Crippen molar-refractivity contribution < 1.29 is 19.1 Å². The SMILES string of the molecule is CC[C@@H](C)NC(=O)CC[C@@]1(Cc2ccc(OC)c(OC)c2)CCC(=O)N1. The maximum Gasteiger partial charge on any atom is 0.220 e. The summed E-state index contributed by atoms with van der Waals surface area (Å²) < 4.78 is 10.7. The van der Waals surface area contributed by atoms with Crippen molar-refractivity contribution in [1.82, 2.24) is 10.6 Å². The van der Waals surface area contributed by atoms with Gasteiger partial charge in [-0.15, -0.1) is 0 Å². The monoisotopic (exact) mass is 362 g/mol. The Balaban J connectivity index is 2.09. The summed E-state index contributed by atoms with van der Waals surface area (Å²) in [6.07, 6.45) is 3.82. The lowest BCUT2D eigenvalue weighted by molar-refractivity contribution is -0.123. The molecule has 0 aliphatic carbocycles. The Kier molecular flexibility index (Phi) is 6.89. The van der Waals surface area contributed by atoms with E-state index in [0.29, 0.717) is 37.2 Å². The molecule has 2 amide bonds. The Labute approximate surface area is 155 Å². The van der Waals surface area contributed by atoms with Gasteiger partial charge in [0.25, 0.3) is 0 Å². The van der Waals surface area contributed by atoms with Crippen molar-refractivity contribution in [2.45, 2.75) is 64.0 Å². The van der Waals surface area contributed by atoms with Crippen LogP contribution in [-0.4, -0.2) is 37.6 Å². The summed E-state index contributed by atoms with van der Waals surface area (Å²) in [5, 5.41) is 6.10. The summed E-state index contributed by atoms with van der Waals surface area (Å²) in [4.78, 5) is 24.1. The van der Waals surface area contributed by atoms with E-state index >= 15 is 0 Å². The molecule has 1 saturated heterocycles.